The van der Waals surface area contributed by atoms with Gasteiger partial charge in [0.1, 0.15) is 11.9 Å². The Morgan fingerprint density at radius 3 is 2.64 bits per heavy atom. The fraction of sp³-hybridized carbons (Fsp3) is 0.556. The summed E-state index contributed by atoms with van der Waals surface area (Å²) in [7, 11) is 0. The first-order valence-corrected chi connectivity index (χ1v) is 8.77. The van der Waals surface area contributed by atoms with Crippen LogP contribution in [0.5, 0.6) is 5.75 Å². The Kier molecular flexibility index (Phi) is 6.30. The van der Waals surface area contributed by atoms with Crippen molar-refractivity contribution in [3.05, 3.63) is 18.2 Å². The number of benzene rings is 1. The Balaban J connectivity index is 2.00. The number of hydrogen-bond acceptors (Lipinski definition) is 5. The van der Waals surface area contributed by atoms with Gasteiger partial charge in [-0.2, -0.15) is 13.2 Å². The average molecular weight is 404 g/mol. The third-order valence-corrected chi connectivity index (χ3v) is 4.46. The number of halogens is 3. The highest BCUT2D eigenvalue weighted by Gasteiger charge is 2.51. The van der Waals surface area contributed by atoms with Crippen molar-refractivity contribution in [1.29, 1.82) is 0 Å². The molecule has 2 rings (SSSR count). The van der Waals surface area contributed by atoms with E-state index in [9.17, 15) is 22.8 Å². The third kappa shape index (κ3) is 5.20. The molecule has 0 fully saturated rings. The van der Waals surface area contributed by atoms with Gasteiger partial charge in [-0.15, -0.1) is 0 Å². The van der Waals surface area contributed by atoms with Crippen LogP contribution in [-0.2, 0) is 9.53 Å². The number of anilines is 2. The molecule has 1 aliphatic rings. The maximum absolute atomic E-state index is 12.8. The van der Waals surface area contributed by atoms with Crippen LogP contribution in [0.15, 0.2) is 18.2 Å². The molecule has 2 unspecified atom stereocenters. The second-order valence-electron chi connectivity index (χ2n) is 7.03. The number of alkyl halides is 3. The molecule has 3 N–H and O–H groups in total. The highest BCUT2D eigenvalue weighted by molar-refractivity contribution is 5.86. The number of rotatable bonds is 6. The zero-order valence-corrected chi connectivity index (χ0v) is 15.7. The van der Waals surface area contributed by atoms with Crippen LogP contribution in [0.1, 0.15) is 33.6 Å². The first-order chi connectivity index (χ1) is 12.9. The molecule has 2 atom stereocenters. The van der Waals surface area contributed by atoms with E-state index in [1.165, 1.54) is 12.1 Å². The van der Waals surface area contributed by atoms with Crippen molar-refractivity contribution in [3.63, 3.8) is 0 Å². The fourth-order valence-electron chi connectivity index (χ4n) is 2.62. The molecule has 0 saturated heterocycles. The van der Waals surface area contributed by atoms with Gasteiger partial charge in [0, 0.05) is 5.69 Å². The van der Waals surface area contributed by atoms with Crippen LogP contribution in [0.2, 0.25) is 0 Å². The van der Waals surface area contributed by atoms with E-state index in [0.29, 0.717) is 30.8 Å². The summed E-state index contributed by atoms with van der Waals surface area (Å²) in [6.07, 6.45) is -5.43. The number of fused-ring (bicyclic) bond motifs is 1. The number of carbonyl (C=O) groups is 2. The van der Waals surface area contributed by atoms with Gasteiger partial charge in [-0.3, -0.25) is 10.1 Å². The number of nitrogens with one attached hydrogen (secondary N) is 2. The minimum absolute atomic E-state index is 0.230. The summed E-state index contributed by atoms with van der Waals surface area (Å²) in [4.78, 5) is 22.9. The van der Waals surface area contributed by atoms with E-state index in [1.54, 1.807) is 13.0 Å². The Bertz CT molecular complexity index is 736. The van der Waals surface area contributed by atoms with Gasteiger partial charge < -0.3 is 19.9 Å². The third-order valence-electron chi connectivity index (χ3n) is 4.46. The van der Waals surface area contributed by atoms with E-state index >= 15 is 0 Å². The van der Waals surface area contributed by atoms with Crippen molar-refractivity contribution in [3.8, 4) is 5.75 Å². The number of aliphatic carboxylic acids is 1. The Morgan fingerprint density at radius 2 is 2.07 bits per heavy atom. The van der Waals surface area contributed by atoms with E-state index in [-0.39, 0.29) is 11.8 Å². The van der Waals surface area contributed by atoms with Crippen molar-refractivity contribution in [1.82, 2.24) is 0 Å². The number of carbonyl (C=O) groups excluding carboxylic acids is 1. The van der Waals surface area contributed by atoms with E-state index in [2.05, 4.69) is 15.4 Å². The number of amides is 1. The molecule has 1 amide bonds. The van der Waals surface area contributed by atoms with Crippen LogP contribution in [0.4, 0.5) is 29.3 Å². The van der Waals surface area contributed by atoms with Crippen molar-refractivity contribution in [2.75, 3.05) is 17.2 Å². The van der Waals surface area contributed by atoms with Gasteiger partial charge in [-0.25, -0.2) is 4.79 Å². The maximum atomic E-state index is 12.8. The lowest BCUT2D eigenvalue weighted by Crippen LogP contribution is -2.44. The molecule has 0 aromatic heterocycles. The van der Waals surface area contributed by atoms with Crippen LogP contribution in [0.25, 0.3) is 0 Å². The normalized spacial score (nSPS) is 17.6. The monoisotopic (exact) mass is 404 g/mol. The molecule has 0 bridgehead atoms. The summed E-state index contributed by atoms with van der Waals surface area (Å²) in [6, 6.07) is 4.50. The van der Waals surface area contributed by atoms with Gasteiger partial charge >= 0.3 is 18.2 Å². The standard InChI is InChI=1S/C18H23F3N2O5/c1-4-10(15(24)25)7-12-9-22-13-8-11(5-6-14(13)27-12)23-16(26)28-17(2,3)18(19,20)21/h5-6,8,10,12,22H,4,7,9H2,1-3H3,(H,23,26)(H,24,25). The van der Waals surface area contributed by atoms with Crippen LogP contribution in [-0.4, -0.2) is 41.6 Å². The van der Waals surface area contributed by atoms with Gasteiger partial charge in [0.25, 0.3) is 0 Å². The molecule has 0 saturated carbocycles. The van der Waals surface area contributed by atoms with Gasteiger partial charge in [-0.05, 0) is 44.9 Å². The Morgan fingerprint density at radius 1 is 1.39 bits per heavy atom. The number of carboxylic acids is 1. The summed E-state index contributed by atoms with van der Waals surface area (Å²) in [6.45, 7) is 3.68. The number of ether oxygens (including phenoxy) is 2. The summed E-state index contributed by atoms with van der Waals surface area (Å²) in [5, 5.41) is 14.5. The van der Waals surface area contributed by atoms with E-state index in [4.69, 9.17) is 9.84 Å². The second-order valence-corrected chi connectivity index (χ2v) is 7.03. The molecule has 10 heteroatoms. The predicted molar refractivity (Wildman–Crippen MR) is 95.6 cm³/mol. The summed E-state index contributed by atoms with van der Waals surface area (Å²) in [5.74, 6) is -0.927. The van der Waals surface area contributed by atoms with Gasteiger partial charge in [0.15, 0.2) is 0 Å². The SMILES string of the molecule is CCC(CC1CNc2cc(NC(=O)OC(C)(C)C(F)(F)F)ccc2O1)C(=O)O. The molecule has 28 heavy (non-hydrogen) atoms. The molecular weight excluding hydrogens is 381 g/mol. The van der Waals surface area contributed by atoms with Gasteiger partial charge in [-0.1, -0.05) is 6.92 Å². The van der Waals surface area contributed by atoms with Gasteiger partial charge in [0.05, 0.1) is 18.2 Å². The van der Waals surface area contributed by atoms with Crippen LogP contribution in [0, 0.1) is 5.92 Å². The van der Waals surface area contributed by atoms with Crippen molar-refractivity contribution < 1.29 is 37.3 Å². The summed E-state index contributed by atoms with van der Waals surface area (Å²) < 4.78 is 48.6. The second kappa shape index (κ2) is 8.15. The van der Waals surface area contributed by atoms with E-state index < -0.39 is 29.8 Å². The first kappa shape index (κ1) is 21.6. The lowest BCUT2D eigenvalue weighted by molar-refractivity contribution is -0.242. The zero-order valence-electron chi connectivity index (χ0n) is 15.7. The zero-order chi connectivity index (χ0) is 21.1. The molecule has 7 nitrogen and oxygen atoms in total. The molecule has 156 valence electrons. The molecule has 1 aliphatic heterocycles. The molecular formula is C18H23F3N2O5. The van der Waals surface area contributed by atoms with Crippen molar-refractivity contribution in [2.24, 2.45) is 5.92 Å². The van der Waals surface area contributed by atoms with Crippen molar-refractivity contribution in [2.45, 2.75) is 51.5 Å². The van der Waals surface area contributed by atoms with Gasteiger partial charge in [0.2, 0.25) is 5.60 Å². The van der Waals surface area contributed by atoms with E-state index in [1.807, 2.05) is 0 Å². The van der Waals surface area contributed by atoms with Crippen LogP contribution < -0.4 is 15.4 Å². The largest absolute Gasteiger partial charge is 0.486 e. The molecule has 0 radical (unpaired) electrons. The average Bonchev–Trinajstić information content (AvgIpc) is 2.57. The molecule has 1 aromatic carbocycles. The molecule has 1 heterocycles. The van der Waals surface area contributed by atoms with E-state index in [0.717, 1.165) is 13.8 Å². The van der Waals surface area contributed by atoms with Crippen LogP contribution in [0.3, 0.4) is 0 Å². The molecule has 0 spiro atoms. The Hall–Kier alpha value is -2.65. The topological polar surface area (TPSA) is 96.9 Å². The number of carboxylic acid groups (broad SMARTS) is 1. The lowest BCUT2D eigenvalue weighted by atomic mass is 9.98. The minimum Gasteiger partial charge on any atom is -0.486 e. The smallest absolute Gasteiger partial charge is 0.427 e. The molecule has 0 aliphatic carbocycles. The predicted octanol–water partition coefficient (Wildman–Crippen LogP) is 4.25. The summed E-state index contributed by atoms with van der Waals surface area (Å²) >= 11 is 0. The Labute approximate surface area is 160 Å². The van der Waals surface area contributed by atoms with Crippen molar-refractivity contribution >= 4 is 23.4 Å². The molecule has 1 aromatic rings. The highest BCUT2D eigenvalue weighted by atomic mass is 19.4. The number of hydrogen-bond donors (Lipinski definition) is 3. The minimum atomic E-state index is -4.70. The lowest BCUT2D eigenvalue weighted by Gasteiger charge is -2.29. The highest BCUT2D eigenvalue weighted by Crippen LogP contribution is 2.35. The summed E-state index contributed by atoms with van der Waals surface area (Å²) in [5.41, 5.74) is -1.86. The maximum Gasteiger partial charge on any atom is 0.427 e. The van der Waals surface area contributed by atoms with Crippen LogP contribution >= 0.6 is 0 Å². The first-order valence-electron chi connectivity index (χ1n) is 8.77. The fourth-order valence-corrected chi connectivity index (χ4v) is 2.62. The quantitative estimate of drug-likeness (QED) is 0.656.